The molecule has 1 aliphatic rings. The quantitative estimate of drug-likeness (QED) is 0.774. The van der Waals surface area contributed by atoms with Gasteiger partial charge in [0.2, 0.25) is 0 Å². The molecule has 0 bridgehead atoms. The first-order valence-corrected chi connectivity index (χ1v) is 8.83. The van der Waals surface area contributed by atoms with Crippen LogP contribution in [0.3, 0.4) is 0 Å². The van der Waals surface area contributed by atoms with Gasteiger partial charge >= 0.3 is 0 Å². The van der Waals surface area contributed by atoms with Crippen LogP contribution in [0.2, 0.25) is 0 Å². The van der Waals surface area contributed by atoms with Gasteiger partial charge in [-0.1, -0.05) is 30.3 Å². The average molecular weight is 354 g/mol. The predicted octanol–water partition coefficient (Wildman–Crippen LogP) is 3.77. The van der Waals surface area contributed by atoms with E-state index in [4.69, 9.17) is 5.26 Å². The van der Waals surface area contributed by atoms with Crippen molar-refractivity contribution >= 4 is 17.4 Å². The smallest absolute Gasteiger partial charge is 0.259 e. The molecule has 2 heterocycles. The Labute approximate surface area is 157 Å². The van der Waals surface area contributed by atoms with E-state index in [-0.39, 0.29) is 5.91 Å². The van der Waals surface area contributed by atoms with Crippen LogP contribution in [-0.4, -0.2) is 17.4 Å². The Bertz CT molecular complexity index is 1000. The molecule has 1 amide bonds. The van der Waals surface area contributed by atoms with Crippen LogP contribution in [0.5, 0.6) is 0 Å². The van der Waals surface area contributed by atoms with Gasteiger partial charge in [-0.3, -0.25) is 4.79 Å². The summed E-state index contributed by atoms with van der Waals surface area (Å²) in [5, 5.41) is 12.1. The van der Waals surface area contributed by atoms with Crippen LogP contribution in [0.4, 0.5) is 11.5 Å². The fourth-order valence-electron chi connectivity index (χ4n) is 3.22. The van der Waals surface area contributed by atoms with Gasteiger partial charge in [0, 0.05) is 25.0 Å². The van der Waals surface area contributed by atoms with Gasteiger partial charge < -0.3 is 10.2 Å². The maximum Gasteiger partial charge on any atom is 0.259 e. The van der Waals surface area contributed by atoms with E-state index in [1.807, 2.05) is 41.3 Å². The van der Waals surface area contributed by atoms with Crippen LogP contribution in [0.25, 0.3) is 0 Å². The third-order valence-electron chi connectivity index (χ3n) is 4.70. The molecule has 132 valence electrons. The lowest BCUT2D eigenvalue weighted by atomic mass is 10.1. The Kier molecular flexibility index (Phi) is 4.54. The van der Waals surface area contributed by atoms with Crippen molar-refractivity contribution < 1.29 is 4.79 Å². The van der Waals surface area contributed by atoms with Crippen molar-refractivity contribution in [1.29, 1.82) is 5.26 Å². The first kappa shape index (κ1) is 16.8. The number of pyridine rings is 1. The van der Waals surface area contributed by atoms with Crippen molar-refractivity contribution in [3.63, 3.8) is 0 Å². The van der Waals surface area contributed by atoms with Gasteiger partial charge in [0.05, 0.1) is 17.2 Å². The lowest BCUT2D eigenvalue weighted by molar-refractivity contribution is 0.0989. The van der Waals surface area contributed by atoms with E-state index in [0.717, 1.165) is 17.7 Å². The maximum atomic E-state index is 12.8. The summed E-state index contributed by atoms with van der Waals surface area (Å²) in [6, 6.07) is 21.1. The van der Waals surface area contributed by atoms with E-state index in [1.165, 1.54) is 5.56 Å². The summed E-state index contributed by atoms with van der Waals surface area (Å²) in [5.74, 6) is 0.684. The number of carbonyl (C=O) groups excluding carboxylic acids is 1. The molecule has 2 aromatic carbocycles. The van der Waals surface area contributed by atoms with E-state index >= 15 is 0 Å². The van der Waals surface area contributed by atoms with Crippen molar-refractivity contribution in [2.24, 2.45) is 0 Å². The monoisotopic (exact) mass is 354 g/mol. The van der Waals surface area contributed by atoms with Crippen molar-refractivity contribution in [2.75, 3.05) is 16.8 Å². The average Bonchev–Trinajstić information content (AvgIpc) is 3.16. The van der Waals surface area contributed by atoms with Gasteiger partial charge in [-0.25, -0.2) is 4.98 Å². The largest absolute Gasteiger partial charge is 0.366 e. The highest BCUT2D eigenvalue weighted by Crippen LogP contribution is 2.28. The number of rotatable bonds is 4. The third-order valence-corrected chi connectivity index (χ3v) is 4.70. The number of aromatic nitrogens is 1. The normalized spacial score (nSPS) is 12.3. The fourth-order valence-corrected chi connectivity index (χ4v) is 3.22. The van der Waals surface area contributed by atoms with Gasteiger partial charge in [0.25, 0.3) is 5.91 Å². The second-order valence-electron chi connectivity index (χ2n) is 6.43. The summed E-state index contributed by atoms with van der Waals surface area (Å²) < 4.78 is 0. The predicted molar refractivity (Wildman–Crippen MR) is 105 cm³/mol. The molecule has 27 heavy (non-hydrogen) atoms. The number of nitrogens with zero attached hydrogens (tertiary/aromatic N) is 3. The molecule has 5 nitrogen and oxygen atoms in total. The summed E-state index contributed by atoms with van der Waals surface area (Å²) >= 11 is 0. The van der Waals surface area contributed by atoms with E-state index in [1.54, 1.807) is 24.4 Å². The van der Waals surface area contributed by atoms with Crippen LogP contribution in [0.15, 0.2) is 66.9 Å². The van der Waals surface area contributed by atoms with E-state index in [0.29, 0.717) is 30.0 Å². The summed E-state index contributed by atoms with van der Waals surface area (Å²) in [4.78, 5) is 19.0. The van der Waals surface area contributed by atoms with Gasteiger partial charge in [0.1, 0.15) is 5.82 Å². The SMILES string of the molecule is N#Cc1ccc(CNc2ccc(C(=O)N3CCc4ccccc43)cn2)cc1. The number of nitrogens with one attached hydrogen (secondary N) is 1. The number of hydrogen-bond donors (Lipinski definition) is 1. The first-order chi connectivity index (χ1) is 13.2. The van der Waals surface area contributed by atoms with E-state index in [9.17, 15) is 4.79 Å². The summed E-state index contributed by atoms with van der Waals surface area (Å²) in [6.07, 6.45) is 2.50. The Morgan fingerprint density at radius 1 is 1.11 bits per heavy atom. The molecule has 0 radical (unpaired) electrons. The van der Waals surface area contributed by atoms with Gasteiger partial charge in [-0.2, -0.15) is 5.26 Å². The molecule has 0 spiro atoms. The molecule has 1 N–H and O–H groups in total. The molecule has 0 atom stereocenters. The molecular formula is C22H18N4O. The van der Waals surface area contributed by atoms with Gasteiger partial charge in [-0.15, -0.1) is 0 Å². The zero-order valence-corrected chi connectivity index (χ0v) is 14.7. The Balaban J connectivity index is 1.41. The zero-order chi connectivity index (χ0) is 18.6. The van der Waals surface area contributed by atoms with Crippen LogP contribution in [-0.2, 0) is 13.0 Å². The standard InChI is InChI=1S/C22H18N4O/c23-13-16-5-7-17(8-6-16)14-24-21-10-9-19(15-25-21)22(27)26-12-11-18-3-1-2-4-20(18)26/h1-10,15H,11-12,14H2,(H,24,25). The lowest BCUT2D eigenvalue weighted by Gasteiger charge is -2.17. The van der Waals surface area contributed by atoms with Gasteiger partial charge in [0.15, 0.2) is 0 Å². The number of para-hydroxylation sites is 1. The summed E-state index contributed by atoms with van der Waals surface area (Å²) in [6.45, 7) is 1.31. The molecule has 0 unspecified atom stereocenters. The minimum absolute atomic E-state index is 0.0221. The molecule has 0 saturated carbocycles. The first-order valence-electron chi connectivity index (χ1n) is 8.83. The molecule has 0 fully saturated rings. The zero-order valence-electron chi connectivity index (χ0n) is 14.7. The van der Waals surface area contributed by atoms with Crippen molar-refractivity contribution in [3.8, 4) is 6.07 Å². The Hall–Kier alpha value is -3.65. The maximum absolute atomic E-state index is 12.8. The van der Waals surface area contributed by atoms with Crippen LogP contribution < -0.4 is 10.2 Å². The number of fused-ring (bicyclic) bond motifs is 1. The van der Waals surface area contributed by atoms with Crippen LogP contribution in [0, 0.1) is 11.3 Å². The van der Waals surface area contributed by atoms with Crippen molar-refractivity contribution in [3.05, 3.63) is 89.1 Å². The highest BCUT2D eigenvalue weighted by Gasteiger charge is 2.25. The number of benzene rings is 2. The summed E-state index contributed by atoms with van der Waals surface area (Å²) in [5.41, 5.74) is 4.48. The third kappa shape index (κ3) is 3.51. The molecular weight excluding hydrogens is 336 g/mol. The highest BCUT2D eigenvalue weighted by atomic mass is 16.2. The fraction of sp³-hybridized carbons (Fsp3) is 0.136. The Morgan fingerprint density at radius 2 is 1.93 bits per heavy atom. The Morgan fingerprint density at radius 3 is 2.67 bits per heavy atom. The number of amides is 1. The lowest BCUT2D eigenvalue weighted by Crippen LogP contribution is -2.28. The number of hydrogen-bond acceptors (Lipinski definition) is 4. The molecule has 0 saturated heterocycles. The molecule has 0 aliphatic carbocycles. The number of carbonyl (C=O) groups is 1. The van der Waals surface area contributed by atoms with Crippen LogP contribution >= 0.6 is 0 Å². The molecule has 5 heteroatoms. The number of anilines is 2. The van der Waals surface area contributed by atoms with E-state index < -0.39 is 0 Å². The van der Waals surface area contributed by atoms with Crippen LogP contribution in [0.1, 0.15) is 27.0 Å². The second-order valence-corrected chi connectivity index (χ2v) is 6.43. The minimum Gasteiger partial charge on any atom is -0.366 e. The molecule has 3 aromatic rings. The van der Waals surface area contributed by atoms with Crippen molar-refractivity contribution in [2.45, 2.75) is 13.0 Å². The molecule has 1 aromatic heterocycles. The van der Waals surface area contributed by atoms with Crippen molar-refractivity contribution in [1.82, 2.24) is 4.98 Å². The highest BCUT2D eigenvalue weighted by molar-refractivity contribution is 6.07. The van der Waals surface area contributed by atoms with E-state index in [2.05, 4.69) is 22.4 Å². The molecule has 1 aliphatic heterocycles. The molecule has 4 rings (SSSR count). The summed E-state index contributed by atoms with van der Waals surface area (Å²) in [7, 11) is 0. The topological polar surface area (TPSA) is 69.0 Å². The van der Waals surface area contributed by atoms with Gasteiger partial charge in [-0.05, 0) is 47.9 Å². The minimum atomic E-state index is -0.0221. The number of nitriles is 1. The second kappa shape index (κ2) is 7.30.